The summed E-state index contributed by atoms with van der Waals surface area (Å²) in [7, 11) is 0. The molecular formula is C16H18N4O2. The van der Waals surface area contributed by atoms with Gasteiger partial charge in [-0.3, -0.25) is 9.59 Å². The maximum atomic E-state index is 12.0. The molecule has 6 nitrogen and oxygen atoms in total. The zero-order valence-electron chi connectivity index (χ0n) is 12.2. The van der Waals surface area contributed by atoms with Crippen molar-refractivity contribution >= 4 is 11.7 Å². The molecule has 0 aliphatic carbocycles. The molecule has 0 spiro atoms. The number of nitrogens with one attached hydrogen (secondary N) is 2. The Kier molecular flexibility index (Phi) is 4.18. The second-order valence-corrected chi connectivity index (χ2v) is 5.31. The van der Waals surface area contributed by atoms with Crippen LogP contribution in [0, 0.1) is 0 Å². The lowest BCUT2D eigenvalue weighted by Crippen LogP contribution is -2.29. The molecule has 3 heterocycles. The number of pyridine rings is 2. The monoisotopic (exact) mass is 298 g/mol. The first kappa shape index (κ1) is 14.3. The fourth-order valence-corrected chi connectivity index (χ4v) is 2.57. The van der Waals surface area contributed by atoms with E-state index in [4.69, 9.17) is 0 Å². The highest BCUT2D eigenvalue weighted by molar-refractivity contribution is 5.93. The Morgan fingerprint density at radius 1 is 1.32 bits per heavy atom. The molecule has 1 saturated heterocycles. The predicted molar refractivity (Wildman–Crippen MR) is 83.9 cm³/mol. The Balaban J connectivity index is 1.66. The van der Waals surface area contributed by atoms with E-state index in [2.05, 4.69) is 20.2 Å². The highest BCUT2D eigenvalue weighted by Crippen LogP contribution is 2.18. The highest BCUT2D eigenvalue weighted by Gasteiger charge is 2.14. The number of aromatic amines is 1. The topological polar surface area (TPSA) is 78.1 Å². The van der Waals surface area contributed by atoms with Crippen LogP contribution in [0.25, 0.3) is 0 Å². The van der Waals surface area contributed by atoms with Crippen molar-refractivity contribution in [3.8, 4) is 0 Å². The lowest BCUT2D eigenvalue weighted by Gasteiger charge is -2.16. The summed E-state index contributed by atoms with van der Waals surface area (Å²) in [4.78, 5) is 32.7. The van der Waals surface area contributed by atoms with Crippen molar-refractivity contribution in [1.29, 1.82) is 0 Å². The fourth-order valence-electron chi connectivity index (χ4n) is 2.57. The molecule has 0 atom stereocenters. The van der Waals surface area contributed by atoms with E-state index in [1.807, 2.05) is 12.1 Å². The maximum Gasteiger partial charge on any atom is 0.260 e. The van der Waals surface area contributed by atoms with E-state index in [0.717, 1.165) is 24.5 Å². The van der Waals surface area contributed by atoms with Crippen molar-refractivity contribution in [2.24, 2.45) is 0 Å². The second-order valence-electron chi connectivity index (χ2n) is 5.31. The van der Waals surface area contributed by atoms with E-state index in [1.165, 1.54) is 25.1 Å². The van der Waals surface area contributed by atoms with Crippen LogP contribution >= 0.6 is 0 Å². The highest BCUT2D eigenvalue weighted by atomic mass is 16.2. The zero-order valence-corrected chi connectivity index (χ0v) is 12.2. The number of anilines is 1. The van der Waals surface area contributed by atoms with Gasteiger partial charge in [0.2, 0.25) is 0 Å². The van der Waals surface area contributed by atoms with E-state index in [-0.39, 0.29) is 17.0 Å². The molecule has 1 amide bonds. The van der Waals surface area contributed by atoms with Crippen molar-refractivity contribution in [3.05, 3.63) is 58.1 Å². The van der Waals surface area contributed by atoms with Gasteiger partial charge in [-0.15, -0.1) is 0 Å². The van der Waals surface area contributed by atoms with Crippen molar-refractivity contribution in [1.82, 2.24) is 15.3 Å². The van der Waals surface area contributed by atoms with Crippen molar-refractivity contribution < 1.29 is 4.79 Å². The van der Waals surface area contributed by atoms with Crippen LogP contribution in [0.1, 0.15) is 28.8 Å². The molecule has 1 aliphatic heterocycles. The number of hydrogen-bond acceptors (Lipinski definition) is 4. The van der Waals surface area contributed by atoms with Gasteiger partial charge in [0, 0.05) is 32.0 Å². The summed E-state index contributed by atoms with van der Waals surface area (Å²) in [5.41, 5.74) is 0.710. The zero-order chi connectivity index (χ0) is 15.4. The van der Waals surface area contributed by atoms with Crippen LogP contribution < -0.4 is 15.8 Å². The molecule has 0 saturated carbocycles. The smallest absolute Gasteiger partial charge is 0.260 e. The molecule has 1 aliphatic rings. The average molecular weight is 298 g/mol. The van der Waals surface area contributed by atoms with Gasteiger partial charge in [-0.2, -0.15) is 0 Å². The van der Waals surface area contributed by atoms with Gasteiger partial charge in [0.15, 0.2) is 0 Å². The summed E-state index contributed by atoms with van der Waals surface area (Å²) < 4.78 is 0. The summed E-state index contributed by atoms with van der Waals surface area (Å²) in [5.74, 6) is 0.572. The molecule has 114 valence electrons. The Morgan fingerprint density at radius 2 is 2.14 bits per heavy atom. The Morgan fingerprint density at radius 3 is 2.91 bits per heavy atom. The molecule has 22 heavy (non-hydrogen) atoms. The third-order valence-electron chi connectivity index (χ3n) is 3.76. The number of rotatable bonds is 4. The summed E-state index contributed by atoms with van der Waals surface area (Å²) in [6, 6.07) is 7.00. The molecular weight excluding hydrogens is 280 g/mol. The number of H-pyrrole nitrogens is 1. The van der Waals surface area contributed by atoms with Gasteiger partial charge in [0.1, 0.15) is 11.4 Å². The van der Waals surface area contributed by atoms with Crippen LogP contribution in [0.5, 0.6) is 0 Å². The number of hydrogen-bond donors (Lipinski definition) is 2. The molecule has 0 bridgehead atoms. The van der Waals surface area contributed by atoms with Crippen LogP contribution in [0.15, 0.2) is 41.5 Å². The van der Waals surface area contributed by atoms with Crippen LogP contribution in [0.2, 0.25) is 0 Å². The molecule has 2 aromatic heterocycles. The number of carbonyl (C=O) groups excluding carboxylic acids is 1. The molecule has 1 fully saturated rings. The largest absolute Gasteiger partial charge is 0.357 e. The number of nitrogens with zero attached hydrogens (tertiary/aromatic N) is 2. The molecule has 2 N–H and O–H groups in total. The van der Waals surface area contributed by atoms with Gasteiger partial charge in [0.25, 0.3) is 11.5 Å². The minimum atomic E-state index is -0.382. The summed E-state index contributed by atoms with van der Waals surface area (Å²) >= 11 is 0. The first-order valence-corrected chi connectivity index (χ1v) is 7.40. The number of carbonyl (C=O) groups is 1. The number of amides is 1. The van der Waals surface area contributed by atoms with E-state index < -0.39 is 0 Å². The predicted octanol–water partition coefficient (Wildman–Crippen LogP) is 1.30. The first-order chi connectivity index (χ1) is 10.7. The maximum absolute atomic E-state index is 12.0. The molecule has 0 radical (unpaired) electrons. The van der Waals surface area contributed by atoms with Gasteiger partial charge >= 0.3 is 0 Å². The molecule has 0 aromatic carbocycles. The van der Waals surface area contributed by atoms with Crippen LogP contribution in [-0.4, -0.2) is 29.0 Å². The molecule has 2 aromatic rings. The minimum absolute atomic E-state index is 0.122. The Hall–Kier alpha value is -2.63. The summed E-state index contributed by atoms with van der Waals surface area (Å²) in [6.45, 7) is 2.43. The van der Waals surface area contributed by atoms with Crippen LogP contribution in [-0.2, 0) is 6.54 Å². The van der Waals surface area contributed by atoms with Crippen molar-refractivity contribution in [2.45, 2.75) is 19.4 Å². The van der Waals surface area contributed by atoms with Gasteiger partial charge < -0.3 is 15.2 Å². The standard InChI is InChI=1S/C16H18N4O2/c21-15-13(4-3-6-18-15)16(22)19-11-12-5-7-17-14(10-12)20-8-1-2-9-20/h3-7,10H,1-2,8-9,11H2,(H,18,21)(H,19,22). The number of aromatic nitrogens is 2. The summed E-state index contributed by atoms with van der Waals surface area (Å²) in [6.07, 6.45) is 5.65. The van der Waals surface area contributed by atoms with Crippen molar-refractivity contribution in [2.75, 3.05) is 18.0 Å². The third kappa shape index (κ3) is 3.16. The quantitative estimate of drug-likeness (QED) is 0.892. The Labute approximate surface area is 128 Å². The first-order valence-electron chi connectivity index (χ1n) is 7.40. The summed E-state index contributed by atoms with van der Waals surface area (Å²) in [5, 5.41) is 2.77. The fraction of sp³-hybridized carbons (Fsp3) is 0.312. The minimum Gasteiger partial charge on any atom is -0.357 e. The molecule has 6 heteroatoms. The van der Waals surface area contributed by atoms with E-state index in [0.29, 0.717) is 6.54 Å². The van der Waals surface area contributed by atoms with E-state index in [1.54, 1.807) is 12.3 Å². The van der Waals surface area contributed by atoms with E-state index >= 15 is 0 Å². The molecule has 3 rings (SSSR count). The SMILES string of the molecule is O=C(NCc1ccnc(N2CCCC2)c1)c1ccc[nH]c1=O. The van der Waals surface area contributed by atoms with Crippen LogP contribution in [0.3, 0.4) is 0 Å². The second kappa shape index (κ2) is 6.43. The normalized spacial score (nSPS) is 14.1. The lowest BCUT2D eigenvalue weighted by molar-refractivity contribution is 0.0949. The Bertz CT molecular complexity index is 720. The third-order valence-corrected chi connectivity index (χ3v) is 3.76. The van der Waals surface area contributed by atoms with Gasteiger partial charge in [-0.1, -0.05) is 0 Å². The lowest BCUT2D eigenvalue weighted by atomic mass is 10.2. The molecule has 0 unspecified atom stereocenters. The van der Waals surface area contributed by atoms with Gasteiger partial charge in [0.05, 0.1) is 0 Å². The average Bonchev–Trinajstić information content (AvgIpc) is 3.08. The van der Waals surface area contributed by atoms with Crippen molar-refractivity contribution in [3.63, 3.8) is 0 Å². The van der Waals surface area contributed by atoms with E-state index in [9.17, 15) is 9.59 Å². The van der Waals surface area contributed by atoms with Gasteiger partial charge in [-0.25, -0.2) is 4.98 Å². The van der Waals surface area contributed by atoms with Gasteiger partial charge in [-0.05, 0) is 42.7 Å². The van der Waals surface area contributed by atoms with Crippen LogP contribution in [0.4, 0.5) is 5.82 Å².